The Bertz CT molecular complexity index is 495. The van der Waals surface area contributed by atoms with Crippen molar-refractivity contribution in [1.29, 1.82) is 0 Å². The molecule has 5 nitrogen and oxygen atoms in total. The highest BCUT2D eigenvalue weighted by Gasteiger charge is 2.58. The van der Waals surface area contributed by atoms with Gasteiger partial charge in [0, 0.05) is 25.2 Å². The Labute approximate surface area is 138 Å². The fourth-order valence-electron chi connectivity index (χ4n) is 3.49. The van der Waals surface area contributed by atoms with Gasteiger partial charge in [0.25, 0.3) is 0 Å². The van der Waals surface area contributed by atoms with Crippen LogP contribution in [0, 0.1) is 17.3 Å². The first-order chi connectivity index (χ1) is 11.0. The molecule has 2 fully saturated rings. The Kier molecular flexibility index (Phi) is 6.20. The number of carbonyl (C=O) groups excluding carboxylic acids is 2. The summed E-state index contributed by atoms with van der Waals surface area (Å²) in [5, 5.41) is 0. The number of ether oxygens (including phenoxy) is 3. The highest BCUT2D eigenvalue weighted by molar-refractivity contribution is 5.88. The van der Waals surface area contributed by atoms with E-state index in [1.807, 2.05) is 6.92 Å². The second-order valence-electron chi connectivity index (χ2n) is 6.29. The summed E-state index contributed by atoms with van der Waals surface area (Å²) >= 11 is 0. The van der Waals surface area contributed by atoms with E-state index >= 15 is 0 Å². The fraction of sp³-hybridized carbons (Fsp3) is 0.778. The van der Waals surface area contributed by atoms with E-state index in [2.05, 4.69) is 11.8 Å². The average molecular weight is 322 g/mol. The first kappa shape index (κ1) is 18.0. The third-order valence-electron chi connectivity index (χ3n) is 4.81. The molecule has 0 amide bonds. The summed E-state index contributed by atoms with van der Waals surface area (Å²) in [5.74, 6) is 4.32. The first-order valence-corrected chi connectivity index (χ1v) is 8.51. The molecule has 1 saturated heterocycles. The van der Waals surface area contributed by atoms with Crippen molar-refractivity contribution in [3.8, 4) is 11.8 Å². The van der Waals surface area contributed by atoms with Gasteiger partial charge in [0.2, 0.25) is 0 Å². The Morgan fingerprint density at radius 3 is 2.74 bits per heavy atom. The van der Waals surface area contributed by atoms with Crippen molar-refractivity contribution >= 4 is 11.8 Å². The molecule has 0 radical (unpaired) electrons. The van der Waals surface area contributed by atoms with Crippen LogP contribution >= 0.6 is 0 Å². The van der Waals surface area contributed by atoms with Crippen molar-refractivity contribution in [2.45, 2.75) is 64.6 Å². The molecule has 1 spiro atoms. The van der Waals surface area contributed by atoms with Crippen LogP contribution in [0.5, 0.6) is 0 Å². The summed E-state index contributed by atoms with van der Waals surface area (Å²) in [6.45, 7) is 5.20. The van der Waals surface area contributed by atoms with Gasteiger partial charge in [-0.15, -0.1) is 0 Å². The van der Waals surface area contributed by atoms with Crippen LogP contribution in [0.1, 0.15) is 58.8 Å². The molecule has 1 aliphatic carbocycles. The summed E-state index contributed by atoms with van der Waals surface area (Å²) in [5.41, 5.74) is -0.573. The van der Waals surface area contributed by atoms with Gasteiger partial charge in [-0.05, 0) is 33.1 Å². The Balaban J connectivity index is 1.85. The van der Waals surface area contributed by atoms with Crippen LogP contribution in [0.25, 0.3) is 0 Å². The summed E-state index contributed by atoms with van der Waals surface area (Å²) in [6.07, 6.45) is 5.27. The number of hydrogen-bond donors (Lipinski definition) is 0. The van der Waals surface area contributed by atoms with Crippen molar-refractivity contribution < 1.29 is 23.8 Å². The highest BCUT2D eigenvalue weighted by atomic mass is 16.7. The van der Waals surface area contributed by atoms with Crippen LogP contribution < -0.4 is 0 Å². The number of esters is 1. The molecule has 1 atom stereocenters. The van der Waals surface area contributed by atoms with E-state index in [0.29, 0.717) is 32.7 Å². The number of ketones is 1. The smallest absolute Gasteiger partial charge is 0.384 e. The maximum atomic E-state index is 12.5. The second kappa shape index (κ2) is 7.94. The third-order valence-corrected chi connectivity index (χ3v) is 4.81. The van der Waals surface area contributed by atoms with Crippen LogP contribution in [-0.4, -0.2) is 37.4 Å². The average Bonchev–Trinajstić information content (AvgIpc) is 2.99. The molecule has 0 bridgehead atoms. The topological polar surface area (TPSA) is 61.8 Å². The van der Waals surface area contributed by atoms with Crippen LogP contribution in [0.15, 0.2) is 0 Å². The molecule has 0 N–H and O–H groups in total. The molecule has 5 heteroatoms. The number of rotatable bonds is 5. The Morgan fingerprint density at radius 1 is 1.30 bits per heavy atom. The van der Waals surface area contributed by atoms with E-state index in [4.69, 9.17) is 14.2 Å². The molecule has 2 aliphatic rings. The zero-order valence-electron chi connectivity index (χ0n) is 14.1. The molecule has 1 saturated carbocycles. The van der Waals surface area contributed by atoms with Crippen LogP contribution in [0.4, 0.5) is 0 Å². The molecular formula is C18H26O5. The monoisotopic (exact) mass is 322 g/mol. The maximum Gasteiger partial charge on any atom is 0.384 e. The minimum atomic E-state index is -0.723. The summed E-state index contributed by atoms with van der Waals surface area (Å²) in [6, 6.07) is 0. The lowest BCUT2D eigenvalue weighted by Gasteiger charge is -2.46. The third kappa shape index (κ3) is 3.94. The van der Waals surface area contributed by atoms with Gasteiger partial charge < -0.3 is 14.2 Å². The lowest BCUT2D eigenvalue weighted by molar-refractivity contribution is -0.242. The molecule has 1 unspecified atom stereocenters. The summed E-state index contributed by atoms with van der Waals surface area (Å²) < 4.78 is 16.5. The van der Waals surface area contributed by atoms with E-state index in [1.54, 1.807) is 6.92 Å². The molecule has 0 aromatic carbocycles. The van der Waals surface area contributed by atoms with Crippen molar-refractivity contribution in [3.05, 3.63) is 0 Å². The molecule has 1 aliphatic heterocycles. The van der Waals surface area contributed by atoms with Crippen molar-refractivity contribution in [1.82, 2.24) is 0 Å². The Hall–Kier alpha value is -1.38. The molecule has 0 aromatic rings. The van der Waals surface area contributed by atoms with Gasteiger partial charge in [-0.2, -0.15) is 0 Å². The number of unbranched alkanes of at least 4 members (excludes halogenated alkanes) is 2. The van der Waals surface area contributed by atoms with E-state index in [9.17, 15) is 9.59 Å². The van der Waals surface area contributed by atoms with E-state index < -0.39 is 17.2 Å². The molecule has 2 rings (SSSR count). The SMILES string of the molecule is CCOC(=O)C#CCCCCC1(C)C(=O)CCCC12OCCO2. The van der Waals surface area contributed by atoms with E-state index in [1.165, 1.54) is 0 Å². The molecule has 23 heavy (non-hydrogen) atoms. The fourth-order valence-corrected chi connectivity index (χ4v) is 3.49. The zero-order valence-corrected chi connectivity index (χ0v) is 14.1. The van der Waals surface area contributed by atoms with Gasteiger partial charge in [-0.1, -0.05) is 12.3 Å². The molecule has 128 valence electrons. The predicted molar refractivity (Wildman–Crippen MR) is 84.5 cm³/mol. The van der Waals surface area contributed by atoms with Crippen LogP contribution in [0.3, 0.4) is 0 Å². The van der Waals surface area contributed by atoms with Crippen LogP contribution in [0.2, 0.25) is 0 Å². The lowest BCUT2D eigenvalue weighted by atomic mass is 9.66. The lowest BCUT2D eigenvalue weighted by Crippen LogP contribution is -2.55. The molecule has 0 aromatic heterocycles. The summed E-state index contributed by atoms with van der Waals surface area (Å²) in [7, 11) is 0. The van der Waals surface area contributed by atoms with Gasteiger partial charge in [0.15, 0.2) is 5.79 Å². The van der Waals surface area contributed by atoms with Gasteiger partial charge in [-0.25, -0.2) is 4.79 Å². The zero-order chi connectivity index (χ0) is 16.8. The van der Waals surface area contributed by atoms with Gasteiger partial charge >= 0.3 is 5.97 Å². The number of Topliss-reactive ketones (excluding diaryl/α,β-unsaturated/α-hetero) is 1. The van der Waals surface area contributed by atoms with Gasteiger partial charge in [0.05, 0.1) is 25.2 Å². The second-order valence-corrected chi connectivity index (χ2v) is 6.29. The van der Waals surface area contributed by atoms with Gasteiger partial charge in [-0.3, -0.25) is 4.79 Å². The van der Waals surface area contributed by atoms with Crippen molar-refractivity contribution in [3.63, 3.8) is 0 Å². The highest BCUT2D eigenvalue weighted by Crippen LogP contribution is 2.50. The van der Waals surface area contributed by atoms with Crippen molar-refractivity contribution in [2.75, 3.05) is 19.8 Å². The van der Waals surface area contributed by atoms with E-state index in [0.717, 1.165) is 32.1 Å². The molecular weight excluding hydrogens is 296 g/mol. The van der Waals surface area contributed by atoms with Gasteiger partial charge in [0.1, 0.15) is 5.78 Å². The quantitative estimate of drug-likeness (QED) is 0.337. The number of carbonyl (C=O) groups is 2. The maximum absolute atomic E-state index is 12.5. The minimum absolute atomic E-state index is 0.239. The Morgan fingerprint density at radius 2 is 2.04 bits per heavy atom. The number of hydrogen-bond acceptors (Lipinski definition) is 5. The summed E-state index contributed by atoms with van der Waals surface area (Å²) in [4.78, 5) is 23.6. The standard InChI is InChI=1S/C18H26O5/c1-3-21-16(20)10-6-4-5-7-11-17(2)15(19)9-8-12-18(17)22-13-14-23-18/h3-5,7-9,11-14H2,1-2H3. The van der Waals surface area contributed by atoms with Crippen molar-refractivity contribution in [2.24, 2.45) is 5.41 Å². The normalized spacial score (nSPS) is 25.9. The minimum Gasteiger partial charge on any atom is -0.456 e. The largest absolute Gasteiger partial charge is 0.456 e. The predicted octanol–water partition coefficient (Wildman–Crippen LogP) is 2.62. The van der Waals surface area contributed by atoms with Crippen LogP contribution in [-0.2, 0) is 23.8 Å². The first-order valence-electron chi connectivity index (χ1n) is 8.51. The van der Waals surface area contributed by atoms with E-state index in [-0.39, 0.29) is 5.78 Å². The molecule has 1 heterocycles.